The second-order valence-corrected chi connectivity index (χ2v) is 8.11. The molecule has 0 saturated heterocycles. The first-order valence-electron chi connectivity index (χ1n) is 7.66. The van der Waals surface area contributed by atoms with Crippen molar-refractivity contribution in [3.05, 3.63) is 70.8 Å². The number of methoxy groups -OCH3 is 2. The fraction of sp³-hybridized carbons (Fsp3) is 0.176. The molecular formula is C17H17F6O4PS. The van der Waals surface area contributed by atoms with E-state index in [0.717, 1.165) is 11.1 Å². The van der Waals surface area contributed by atoms with Gasteiger partial charge >= 0.3 is 44.9 Å². The summed E-state index contributed by atoms with van der Waals surface area (Å²) in [4.78, 5) is 22.8. The first-order valence-corrected chi connectivity index (χ1v) is 10.3. The predicted molar refractivity (Wildman–Crippen MR) is 101 cm³/mol. The van der Waals surface area contributed by atoms with Crippen molar-refractivity contribution in [1.29, 1.82) is 0 Å². The summed E-state index contributed by atoms with van der Waals surface area (Å²) in [5.41, 5.74) is 3.00. The molecule has 29 heavy (non-hydrogen) atoms. The summed E-state index contributed by atoms with van der Waals surface area (Å²) in [5.74, 6) is -0.723. The van der Waals surface area contributed by atoms with E-state index in [9.17, 15) is 34.8 Å². The molecule has 0 aliphatic carbocycles. The van der Waals surface area contributed by atoms with Gasteiger partial charge in [0.2, 0.25) is 0 Å². The van der Waals surface area contributed by atoms with Crippen LogP contribution in [-0.2, 0) is 22.1 Å². The van der Waals surface area contributed by atoms with E-state index >= 15 is 0 Å². The third-order valence-corrected chi connectivity index (χ3v) is 4.00. The van der Waals surface area contributed by atoms with Crippen LogP contribution in [0.15, 0.2) is 48.5 Å². The minimum absolute atomic E-state index is 0.0432. The number of halogens is 6. The Hall–Kier alpha value is -2.26. The molecular weight excluding hydrogens is 445 g/mol. The Morgan fingerprint density at radius 1 is 0.724 bits per heavy atom. The van der Waals surface area contributed by atoms with Gasteiger partial charge in [-0.15, -0.1) is 0 Å². The van der Waals surface area contributed by atoms with Crippen molar-refractivity contribution in [1.82, 2.24) is 0 Å². The topological polar surface area (TPSA) is 52.6 Å². The van der Waals surface area contributed by atoms with E-state index in [4.69, 9.17) is 0 Å². The fourth-order valence-corrected chi connectivity index (χ4v) is 2.44. The van der Waals surface area contributed by atoms with E-state index in [-0.39, 0.29) is 17.2 Å². The van der Waals surface area contributed by atoms with Gasteiger partial charge in [0.05, 0.1) is 25.3 Å². The molecule has 0 spiro atoms. The number of hydrogen-bond donors (Lipinski definition) is 0. The van der Waals surface area contributed by atoms with Crippen molar-refractivity contribution in [3.8, 4) is 0 Å². The van der Waals surface area contributed by atoms with Gasteiger partial charge in [-0.2, -0.15) is 0 Å². The fourth-order valence-electron chi connectivity index (χ4n) is 2.05. The van der Waals surface area contributed by atoms with Gasteiger partial charge in [0.15, 0.2) is 5.25 Å². The summed E-state index contributed by atoms with van der Waals surface area (Å²) in [7, 11) is -7.95. The molecule has 0 bridgehead atoms. The van der Waals surface area contributed by atoms with E-state index in [1.54, 1.807) is 24.3 Å². The van der Waals surface area contributed by atoms with Crippen molar-refractivity contribution in [2.45, 2.75) is 5.25 Å². The molecule has 2 aromatic carbocycles. The van der Waals surface area contributed by atoms with Crippen molar-refractivity contribution >= 4 is 32.4 Å². The Morgan fingerprint density at radius 3 is 1.17 bits per heavy atom. The van der Waals surface area contributed by atoms with Gasteiger partial charge in [0.1, 0.15) is 0 Å². The monoisotopic (exact) mass is 462 g/mol. The molecule has 0 amide bonds. The molecule has 0 unspecified atom stereocenters. The molecule has 2 aromatic rings. The van der Waals surface area contributed by atoms with Crippen molar-refractivity contribution in [2.24, 2.45) is 0 Å². The normalized spacial score (nSPS) is 13.4. The zero-order valence-electron chi connectivity index (χ0n) is 15.0. The van der Waals surface area contributed by atoms with Crippen LogP contribution >= 0.6 is 7.81 Å². The van der Waals surface area contributed by atoms with E-state index in [1.165, 1.54) is 14.2 Å². The predicted octanol–water partition coefficient (Wildman–Crippen LogP) is 5.74. The Labute approximate surface area is 167 Å². The van der Waals surface area contributed by atoms with Gasteiger partial charge in [-0.05, 0) is 36.9 Å². The number of carbonyl (C=O) groups excluding carboxylic acids is 2. The average molecular weight is 462 g/mol. The second-order valence-electron chi connectivity index (χ2n) is 5.62. The van der Waals surface area contributed by atoms with E-state index < -0.39 is 7.81 Å². The number of hydrogen-bond acceptors (Lipinski definition) is 4. The van der Waals surface area contributed by atoms with Gasteiger partial charge in [-0.25, -0.2) is 9.59 Å². The van der Waals surface area contributed by atoms with Crippen LogP contribution < -0.4 is 0 Å². The molecule has 0 heterocycles. The third-order valence-electron chi connectivity index (χ3n) is 3.33. The SMILES string of the molecule is COC(=O)c1ccc(C([SH2+])c2ccc(C(=O)OC)cc2)cc1.F[P-](F)(F)(F)(F)F. The molecule has 0 N–H and O–H groups in total. The number of esters is 2. The van der Waals surface area contributed by atoms with Crippen LogP contribution in [-0.4, -0.2) is 26.2 Å². The van der Waals surface area contributed by atoms with Crippen LogP contribution in [0.4, 0.5) is 25.2 Å². The van der Waals surface area contributed by atoms with Crippen LogP contribution in [0.5, 0.6) is 0 Å². The van der Waals surface area contributed by atoms with Crippen LogP contribution in [0.25, 0.3) is 0 Å². The molecule has 0 saturated carbocycles. The Bertz CT molecular complexity index is 797. The molecule has 162 valence electrons. The van der Waals surface area contributed by atoms with Crippen molar-refractivity contribution < 1.29 is 44.2 Å². The van der Waals surface area contributed by atoms with Gasteiger partial charge in [-0.1, -0.05) is 24.3 Å². The number of ether oxygens (including phenoxy) is 2. The van der Waals surface area contributed by atoms with Crippen molar-refractivity contribution in [3.63, 3.8) is 0 Å². The van der Waals surface area contributed by atoms with Crippen molar-refractivity contribution in [2.75, 3.05) is 14.2 Å². The molecule has 2 rings (SSSR count). The molecule has 12 heteroatoms. The maximum atomic E-state index is 11.4. The number of benzene rings is 2. The first-order chi connectivity index (χ1) is 13.0. The van der Waals surface area contributed by atoms with Crippen LogP contribution in [0, 0.1) is 0 Å². The first kappa shape index (κ1) is 24.8. The third kappa shape index (κ3) is 10.2. The minimum atomic E-state index is -10.7. The van der Waals surface area contributed by atoms with E-state index in [0.29, 0.717) is 11.1 Å². The summed E-state index contributed by atoms with van der Waals surface area (Å²) in [6.45, 7) is 0. The number of carbonyl (C=O) groups is 2. The van der Waals surface area contributed by atoms with Gasteiger partial charge < -0.3 is 9.47 Å². The molecule has 0 aliphatic rings. The van der Waals surface area contributed by atoms with Crippen LogP contribution in [0.3, 0.4) is 0 Å². The number of rotatable bonds is 4. The quantitative estimate of drug-likeness (QED) is 0.252. The molecule has 0 fully saturated rings. The van der Waals surface area contributed by atoms with Gasteiger partial charge in [-0.3, -0.25) is 0 Å². The summed E-state index contributed by atoms with van der Waals surface area (Å²) >= 11 is 3.68. The zero-order valence-corrected chi connectivity index (χ0v) is 16.9. The summed E-state index contributed by atoms with van der Waals surface area (Å²) < 4.78 is 68.5. The molecule has 4 nitrogen and oxygen atoms in total. The van der Waals surface area contributed by atoms with Gasteiger partial charge in [0, 0.05) is 11.1 Å². The Kier molecular flexibility index (Phi) is 7.04. The van der Waals surface area contributed by atoms with E-state index in [1.807, 2.05) is 24.3 Å². The molecule has 0 aliphatic heterocycles. The summed E-state index contributed by atoms with van der Waals surface area (Å²) in [5, 5.41) is -0.0432. The average Bonchev–Trinajstić information content (AvgIpc) is 2.64. The molecule has 0 atom stereocenters. The standard InChI is InChI=1S/C17H16O4S.F6P/c1-20-16(18)13-7-3-11(4-8-13)15(22)12-5-9-14(10-6-12)17(19)21-2;1-7(2,3,4,5)6/h3-10,15,22H,1-2H3;/q;-1/p+1. The summed E-state index contributed by atoms with van der Waals surface area (Å²) in [6.07, 6.45) is 0. The Morgan fingerprint density at radius 2 is 0.966 bits per heavy atom. The van der Waals surface area contributed by atoms with Crippen LogP contribution in [0.1, 0.15) is 37.1 Å². The van der Waals surface area contributed by atoms with Crippen LogP contribution in [0.2, 0.25) is 0 Å². The Balaban J connectivity index is 0.000000516. The molecule has 0 radical (unpaired) electrons. The van der Waals surface area contributed by atoms with E-state index in [2.05, 4.69) is 22.1 Å². The summed E-state index contributed by atoms with van der Waals surface area (Å²) in [6, 6.07) is 14.3. The maximum absolute atomic E-state index is 11.4. The van der Waals surface area contributed by atoms with Gasteiger partial charge in [0.25, 0.3) is 0 Å². The second kappa shape index (κ2) is 8.23. The zero-order chi connectivity index (χ0) is 22.5. The molecule has 0 aromatic heterocycles.